The number of carboxylic acid groups (broad SMARTS) is 1. The number of rotatable bonds is 4. The smallest absolute Gasteiger partial charge is 0.364 e. The second-order valence-electron chi connectivity index (χ2n) is 3.77. The molecule has 0 saturated carbocycles. The second kappa shape index (κ2) is 5.07. The summed E-state index contributed by atoms with van der Waals surface area (Å²) in [6.07, 6.45) is -4.67. The number of aliphatic hydroxyl groups excluding tert-OH is 3. The van der Waals surface area contributed by atoms with Gasteiger partial charge in [-0.1, -0.05) is 0 Å². The highest BCUT2D eigenvalue weighted by atomic mass is 16.7. The molecule has 4 atom stereocenters. The summed E-state index contributed by atoms with van der Waals surface area (Å²) in [4.78, 5) is 22.3. The summed E-state index contributed by atoms with van der Waals surface area (Å²) in [6.45, 7) is -0.180. The number of aliphatic hydroxyl groups is 3. The van der Waals surface area contributed by atoms with Gasteiger partial charge in [-0.05, 0) is 0 Å². The summed E-state index contributed by atoms with van der Waals surface area (Å²) in [5.74, 6) is -4.51. The third kappa shape index (κ3) is 2.79. The first-order chi connectivity index (χ1) is 7.81. The fraction of sp³-hybridized carbons (Fsp3) is 0.778. The summed E-state index contributed by atoms with van der Waals surface area (Å²) in [5, 5.41) is 36.0. The molecule has 0 aromatic rings. The van der Waals surface area contributed by atoms with Gasteiger partial charge >= 0.3 is 5.97 Å². The average molecular weight is 250 g/mol. The van der Waals surface area contributed by atoms with Gasteiger partial charge in [0, 0.05) is 6.92 Å². The first-order valence-corrected chi connectivity index (χ1v) is 4.87. The summed E-state index contributed by atoms with van der Waals surface area (Å²) in [7, 11) is 0. The lowest BCUT2D eigenvalue weighted by atomic mass is 10.0. The zero-order chi connectivity index (χ0) is 13.2. The maximum absolute atomic E-state index is 11.5. The quantitative estimate of drug-likeness (QED) is 0.429. The van der Waals surface area contributed by atoms with E-state index in [1.165, 1.54) is 0 Å². The van der Waals surface area contributed by atoms with Gasteiger partial charge in [-0.3, -0.25) is 4.79 Å². The molecule has 17 heavy (non-hydrogen) atoms. The molecule has 0 spiro atoms. The normalized spacial score (nSPS) is 35.3. The topological polar surface area (TPSA) is 134 Å². The monoisotopic (exact) mass is 250 g/mol. The third-order valence-electron chi connectivity index (χ3n) is 2.40. The Labute approximate surface area is 96.4 Å². The van der Waals surface area contributed by atoms with Gasteiger partial charge in [-0.15, -0.1) is 0 Å². The molecule has 1 fully saturated rings. The zero-order valence-corrected chi connectivity index (χ0v) is 9.07. The predicted molar refractivity (Wildman–Crippen MR) is 51.0 cm³/mol. The van der Waals surface area contributed by atoms with Gasteiger partial charge in [0.25, 0.3) is 5.79 Å². The second-order valence-corrected chi connectivity index (χ2v) is 3.77. The van der Waals surface area contributed by atoms with E-state index in [4.69, 9.17) is 24.8 Å². The van der Waals surface area contributed by atoms with E-state index in [1.807, 2.05) is 0 Å². The van der Waals surface area contributed by atoms with Crippen LogP contribution in [0.2, 0.25) is 0 Å². The van der Waals surface area contributed by atoms with Gasteiger partial charge in [-0.2, -0.15) is 0 Å². The molecule has 98 valence electrons. The van der Waals surface area contributed by atoms with Crippen LogP contribution in [0.1, 0.15) is 6.92 Å². The number of ketones is 1. The minimum Gasteiger partial charge on any atom is -0.477 e. The van der Waals surface area contributed by atoms with Crippen LogP contribution < -0.4 is 0 Å². The Morgan fingerprint density at radius 1 is 1.53 bits per heavy atom. The first-order valence-electron chi connectivity index (χ1n) is 4.87. The molecule has 1 heterocycles. The molecule has 1 unspecified atom stereocenters. The Bertz CT molecular complexity index is 316. The molecule has 0 bridgehead atoms. The van der Waals surface area contributed by atoms with Crippen molar-refractivity contribution in [3.8, 4) is 0 Å². The molecule has 0 aliphatic carbocycles. The minimum absolute atomic E-state index is 0.419. The van der Waals surface area contributed by atoms with Gasteiger partial charge in [-0.25, -0.2) is 4.79 Å². The van der Waals surface area contributed by atoms with E-state index < -0.39 is 49.1 Å². The molecule has 8 nitrogen and oxygen atoms in total. The van der Waals surface area contributed by atoms with Crippen molar-refractivity contribution in [1.82, 2.24) is 0 Å². The van der Waals surface area contributed by atoms with Crippen molar-refractivity contribution in [2.24, 2.45) is 0 Å². The molecule has 1 rings (SSSR count). The number of hydrogen-bond acceptors (Lipinski definition) is 7. The van der Waals surface area contributed by atoms with Gasteiger partial charge in [0.15, 0.2) is 11.9 Å². The Morgan fingerprint density at radius 3 is 2.59 bits per heavy atom. The van der Waals surface area contributed by atoms with Crippen molar-refractivity contribution in [2.75, 3.05) is 13.2 Å². The van der Waals surface area contributed by atoms with Crippen LogP contribution in [0.25, 0.3) is 0 Å². The minimum atomic E-state index is -2.06. The summed E-state index contributed by atoms with van der Waals surface area (Å²) in [6, 6.07) is 0. The highest BCUT2D eigenvalue weighted by molar-refractivity contribution is 5.88. The van der Waals surface area contributed by atoms with E-state index in [9.17, 15) is 14.7 Å². The van der Waals surface area contributed by atoms with Crippen molar-refractivity contribution in [1.29, 1.82) is 0 Å². The summed E-state index contributed by atoms with van der Waals surface area (Å²) < 4.78 is 9.60. The number of Topliss-reactive ketones (excluding diaryl/α,β-unsaturated/α-hetero) is 1. The van der Waals surface area contributed by atoms with Crippen LogP contribution in [0.5, 0.6) is 0 Å². The largest absolute Gasteiger partial charge is 0.477 e. The van der Waals surface area contributed by atoms with Crippen molar-refractivity contribution in [3.05, 3.63) is 0 Å². The Kier molecular flexibility index (Phi) is 4.17. The molecule has 1 saturated heterocycles. The van der Waals surface area contributed by atoms with E-state index in [0.29, 0.717) is 0 Å². The van der Waals surface area contributed by atoms with Crippen LogP contribution in [0.4, 0.5) is 0 Å². The summed E-state index contributed by atoms with van der Waals surface area (Å²) in [5.41, 5.74) is 0. The third-order valence-corrected chi connectivity index (χ3v) is 2.40. The predicted octanol–water partition coefficient (Wildman–Crippen LogP) is -2.51. The molecule has 1 aliphatic rings. The highest BCUT2D eigenvalue weighted by Crippen LogP contribution is 2.24. The molecule has 0 amide bonds. The van der Waals surface area contributed by atoms with Crippen LogP contribution in [-0.4, -0.2) is 69.5 Å². The van der Waals surface area contributed by atoms with Crippen molar-refractivity contribution >= 4 is 11.8 Å². The van der Waals surface area contributed by atoms with E-state index in [-0.39, 0.29) is 0 Å². The maximum atomic E-state index is 11.5. The fourth-order valence-electron chi connectivity index (χ4n) is 1.33. The molecule has 4 N–H and O–H groups in total. The van der Waals surface area contributed by atoms with E-state index >= 15 is 0 Å². The molecule has 0 aromatic carbocycles. The number of carbonyl (C=O) groups is 2. The number of carboxylic acids is 1. The highest BCUT2D eigenvalue weighted by Gasteiger charge is 2.48. The number of hydrogen-bond donors (Lipinski definition) is 4. The van der Waals surface area contributed by atoms with Crippen LogP contribution >= 0.6 is 0 Å². The standard InChI is InChI=1S/C9H14O8/c1-9(8(14)15)16-3-5(12)7(17-9)6(13)4(11)2-10/h4-5,7,10-12H,2-3H2,1H3,(H,14,15)/t4-,5-,7-,9?/m1/s1. The van der Waals surface area contributed by atoms with Crippen LogP contribution in [0.15, 0.2) is 0 Å². The number of ether oxygens (including phenoxy) is 2. The Morgan fingerprint density at radius 2 is 2.12 bits per heavy atom. The molecule has 1 aliphatic heterocycles. The first kappa shape index (κ1) is 14.0. The van der Waals surface area contributed by atoms with Crippen molar-refractivity contribution in [3.63, 3.8) is 0 Å². The molecule has 0 aromatic heterocycles. The number of carbonyl (C=O) groups excluding carboxylic acids is 1. The zero-order valence-electron chi connectivity index (χ0n) is 9.07. The Balaban J connectivity index is 2.83. The van der Waals surface area contributed by atoms with Crippen molar-refractivity contribution < 1.29 is 39.5 Å². The van der Waals surface area contributed by atoms with Crippen molar-refractivity contribution in [2.45, 2.75) is 31.0 Å². The van der Waals surface area contributed by atoms with Gasteiger partial charge in [0.05, 0.1) is 13.2 Å². The average Bonchev–Trinajstić information content (AvgIpc) is 2.30. The molecule has 8 heteroatoms. The van der Waals surface area contributed by atoms with E-state index in [1.54, 1.807) is 0 Å². The summed E-state index contributed by atoms with van der Waals surface area (Å²) >= 11 is 0. The van der Waals surface area contributed by atoms with Crippen LogP contribution in [0.3, 0.4) is 0 Å². The molecular weight excluding hydrogens is 236 g/mol. The van der Waals surface area contributed by atoms with E-state index in [0.717, 1.165) is 6.92 Å². The Hall–Kier alpha value is -1.06. The molecule has 0 radical (unpaired) electrons. The lowest BCUT2D eigenvalue weighted by molar-refractivity contribution is -0.299. The number of aliphatic carboxylic acids is 1. The van der Waals surface area contributed by atoms with Gasteiger partial charge in [0.2, 0.25) is 0 Å². The van der Waals surface area contributed by atoms with Crippen LogP contribution in [-0.2, 0) is 19.1 Å². The van der Waals surface area contributed by atoms with E-state index in [2.05, 4.69) is 0 Å². The van der Waals surface area contributed by atoms with Crippen LogP contribution in [0, 0.1) is 0 Å². The van der Waals surface area contributed by atoms with Gasteiger partial charge in [0.1, 0.15) is 12.2 Å². The molecular formula is C9H14O8. The lowest BCUT2D eigenvalue weighted by Gasteiger charge is -2.37. The maximum Gasteiger partial charge on any atom is 0.364 e. The van der Waals surface area contributed by atoms with Gasteiger partial charge < -0.3 is 29.9 Å². The lowest BCUT2D eigenvalue weighted by Crippen LogP contribution is -2.58. The SMILES string of the molecule is CC1(C(=O)O)OC[C@@H](O)[C@H](C(=O)[C@H](O)CO)O1. The fourth-order valence-corrected chi connectivity index (χ4v) is 1.33.